The molecule has 72 valence electrons. The molecule has 7 heteroatoms. The maximum absolute atomic E-state index is 10.6. The minimum absolute atomic E-state index is 0. The normalized spacial score (nSPS) is 9.75. The van der Waals surface area contributed by atoms with Crippen molar-refractivity contribution in [2.75, 3.05) is 12.3 Å². The summed E-state index contributed by atoms with van der Waals surface area (Å²) in [5, 5.41) is 0. The lowest BCUT2D eigenvalue weighted by atomic mass is 10.7. The zero-order valence-electron chi connectivity index (χ0n) is 6.52. The highest BCUT2D eigenvalue weighted by Crippen LogP contribution is 1.92. The van der Waals surface area contributed by atoms with Crippen molar-refractivity contribution in [1.29, 1.82) is 0 Å². The number of carbonyl (C=O) groups is 1. The molecule has 0 aromatic carbocycles. The van der Waals surface area contributed by atoms with Gasteiger partial charge in [-0.3, -0.25) is 0 Å². The van der Waals surface area contributed by atoms with Crippen LogP contribution in [0.1, 0.15) is 0 Å². The van der Waals surface area contributed by atoms with Crippen LogP contribution >= 0.6 is 0 Å². The van der Waals surface area contributed by atoms with E-state index in [0.29, 0.717) is 0 Å². The Hall–Kier alpha value is -0.920. The van der Waals surface area contributed by atoms with Gasteiger partial charge in [0.25, 0.3) is 0 Å². The highest BCUT2D eigenvalue weighted by molar-refractivity contribution is 7.87. The van der Waals surface area contributed by atoms with Gasteiger partial charge in [0.2, 0.25) is 0 Å². The van der Waals surface area contributed by atoms with Crippen LogP contribution in [-0.2, 0) is 19.1 Å². The summed E-state index contributed by atoms with van der Waals surface area (Å²) < 4.78 is 25.2. The molecule has 0 fully saturated rings. The lowest BCUT2D eigenvalue weighted by Gasteiger charge is -1.99. The molecule has 0 aliphatic carbocycles. The van der Waals surface area contributed by atoms with Crippen LogP contribution in [0.2, 0.25) is 0 Å². The van der Waals surface area contributed by atoms with Crippen molar-refractivity contribution in [3.05, 3.63) is 12.7 Å². The van der Waals surface area contributed by atoms with E-state index in [4.69, 9.17) is 5.73 Å². The van der Waals surface area contributed by atoms with Crippen molar-refractivity contribution in [3.8, 4) is 0 Å². The average Bonchev–Trinajstić information content (AvgIpc) is 1.86. The third-order valence-corrected chi connectivity index (χ3v) is 1.90. The number of rotatable bonds is 4. The molecule has 0 radical (unpaired) electrons. The first-order valence-corrected chi connectivity index (χ1v) is 4.38. The fraction of sp³-hybridized carbons (Fsp3) is 0.400. The van der Waals surface area contributed by atoms with Crippen molar-refractivity contribution in [1.82, 2.24) is 6.15 Å². The number of hydrogen-bond acceptors (Lipinski definition) is 6. The van der Waals surface area contributed by atoms with Crippen molar-refractivity contribution >= 4 is 16.1 Å². The predicted molar refractivity (Wildman–Crippen MR) is 44.2 cm³/mol. The maximum Gasteiger partial charge on any atom is 0.345 e. The van der Waals surface area contributed by atoms with E-state index in [1.165, 1.54) is 0 Å². The fourth-order valence-corrected chi connectivity index (χ4v) is 1.04. The Bertz CT molecular complexity index is 246. The SMILES string of the molecule is C=CC(=O)OS(=O)(=O)CCN.N. The van der Waals surface area contributed by atoms with E-state index in [-0.39, 0.29) is 18.4 Å². The molecule has 0 aliphatic rings. The molecule has 0 rings (SSSR count). The Labute approximate surface area is 71.1 Å². The molecule has 0 spiro atoms. The van der Waals surface area contributed by atoms with E-state index < -0.39 is 16.1 Å². The molecule has 0 saturated heterocycles. The van der Waals surface area contributed by atoms with Crippen LogP contribution in [0, 0.1) is 0 Å². The molecule has 0 aliphatic heterocycles. The third kappa shape index (κ3) is 5.83. The fourth-order valence-electron chi connectivity index (χ4n) is 0.345. The summed E-state index contributed by atoms with van der Waals surface area (Å²) >= 11 is 0. The Morgan fingerprint density at radius 3 is 2.42 bits per heavy atom. The number of carbonyl (C=O) groups excluding carboxylic acids is 1. The maximum atomic E-state index is 10.6. The van der Waals surface area contributed by atoms with E-state index in [0.717, 1.165) is 6.08 Å². The van der Waals surface area contributed by atoms with Gasteiger partial charge in [0.05, 0.1) is 5.75 Å². The second kappa shape index (κ2) is 5.70. The Kier molecular flexibility index (Phi) is 6.48. The molecule has 0 aromatic rings. The van der Waals surface area contributed by atoms with Crippen molar-refractivity contribution < 1.29 is 17.4 Å². The van der Waals surface area contributed by atoms with Gasteiger partial charge in [-0.15, -0.1) is 0 Å². The molecule has 0 unspecified atom stereocenters. The highest BCUT2D eigenvalue weighted by atomic mass is 32.2. The van der Waals surface area contributed by atoms with Crippen molar-refractivity contribution in [2.24, 2.45) is 5.73 Å². The third-order valence-electron chi connectivity index (χ3n) is 0.744. The van der Waals surface area contributed by atoms with Gasteiger partial charge in [-0.2, -0.15) is 8.42 Å². The molecule has 0 bridgehead atoms. The smallest absolute Gasteiger partial charge is 0.344 e. The van der Waals surface area contributed by atoms with Crippen LogP contribution in [0.4, 0.5) is 0 Å². The van der Waals surface area contributed by atoms with Crippen LogP contribution in [0.5, 0.6) is 0 Å². The summed E-state index contributed by atoms with van der Waals surface area (Å²) in [4.78, 5) is 10.3. The van der Waals surface area contributed by atoms with Crippen LogP contribution in [0.25, 0.3) is 0 Å². The quantitative estimate of drug-likeness (QED) is 0.447. The van der Waals surface area contributed by atoms with Gasteiger partial charge in [-0.1, -0.05) is 6.58 Å². The zero-order valence-corrected chi connectivity index (χ0v) is 7.34. The Balaban J connectivity index is 0. The Morgan fingerprint density at radius 1 is 1.58 bits per heavy atom. The van der Waals surface area contributed by atoms with Gasteiger partial charge in [0, 0.05) is 12.6 Å². The zero-order chi connectivity index (χ0) is 8.91. The average molecular weight is 196 g/mol. The first-order valence-electron chi connectivity index (χ1n) is 2.80. The van der Waals surface area contributed by atoms with Crippen LogP contribution in [0.3, 0.4) is 0 Å². The molecule has 5 N–H and O–H groups in total. The van der Waals surface area contributed by atoms with Crippen LogP contribution < -0.4 is 11.9 Å². The monoisotopic (exact) mass is 196 g/mol. The highest BCUT2D eigenvalue weighted by Gasteiger charge is 2.12. The largest absolute Gasteiger partial charge is 0.345 e. The first kappa shape index (κ1) is 13.7. The van der Waals surface area contributed by atoms with Gasteiger partial charge >= 0.3 is 16.1 Å². The molecule has 0 amide bonds. The van der Waals surface area contributed by atoms with Gasteiger partial charge < -0.3 is 16.1 Å². The number of hydrogen-bond donors (Lipinski definition) is 2. The van der Waals surface area contributed by atoms with Gasteiger partial charge in [0.1, 0.15) is 0 Å². The lowest BCUT2D eigenvalue weighted by Crippen LogP contribution is -2.20. The number of nitrogens with two attached hydrogens (primary N) is 1. The summed E-state index contributed by atoms with van der Waals surface area (Å²) in [5.41, 5.74) is 4.94. The second-order valence-corrected chi connectivity index (χ2v) is 3.35. The van der Waals surface area contributed by atoms with E-state index in [9.17, 15) is 13.2 Å². The van der Waals surface area contributed by atoms with Crippen molar-refractivity contribution in [3.63, 3.8) is 0 Å². The summed E-state index contributed by atoms with van der Waals surface area (Å²) in [7, 11) is -3.79. The van der Waals surface area contributed by atoms with Gasteiger partial charge in [-0.25, -0.2) is 4.79 Å². The standard InChI is InChI=1S/C5H9NO4S.H3N/c1-2-5(7)10-11(8,9)4-3-6;/h2H,1,3-4,6H2;1H3. The van der Waals surface area contributed by atoms with Gasteiger partial charge in [-0.05, 0) is 0 Å². The minimum atomic E-state index is -3.79. The molecular formula is C5H12N2O4S. The molecule has 0 saturated carbocycles. The summed E-state index contributed by atoms with van der Waals surface area (Å²) in [6.45, 7) is 2.96. The van der Waals surface area contributed by atoms with Crippen molar-refractivity contribution in [2.45, 2.75) is 0 Å². The topological polar surface area (TPSA) is 121 Å². The predicted octanol–water partition coefficient (Wildman–Crippen LogP) is -0.834. The van der Waals surface area contributed by atoms with Gasteiger partial charge in [0.15, 0.2) is 0 Å². The molecule has 0 heterocycles. The lowest BCUT2D eigenvalue weighted by molar-refractivity contribution is -0.128. The molecule has 12 heavy (non-hydrogen) atoms. The summed E-state index contributed by atoms with van der Waals surface area (Å²) in [6.07, 6.45) is 0.772. The van der Waals surface area contributed by atoms with Crippen LogP contribution in [0.15, 0.2) is 12.7 Å². The van der Waals surface area contributed by atoms with E-state index in [1.807, 2.05) is 0 Å². The molecular weight excluding hydrogens is 184 g/mol. The second-order valence-electron chi connectivity index (χ2n) is 1.66. The summed E-state index contributed by atoms with van der Waals surface area (Å²) in [6, 6.07) is 0. The van der Waals surface area contributed by atoms with Crippen LogP contribution in [-0.4, -0.2) is 26.7 Å². The Morgan fingerprint density at radius 2 is 2.08 bits per heavy atom. The summed E-state index contributed by atoms with van der Waals surface area (Å²) in [5.74, 6) is -1.36. The minimum Gasteiger partial charge on any atom is -0.344 e. The molecule has 0 atom stereocenters. The first-order chi connectivity index (χ1) is 5.02. The van der Waals surface area contributed by atoms with E-state index >= 15 is 0 Å². The van der Waals surface area contributed by atoms with E-state index in [2.05, 4.69) is 10.8 Å². The molecule has 6 nitrogen and oxygen atoms in total. The van der Waals surface area contributed by atoms with E-state index in [1.54, 1.807) is 0 Å². The molecule has 0 aromatic heterocycles.